The average Bonchev–Trinajstić information content (AvgIpc) is 3.75. The smallest absolute Gasteiger partial charge is 0.408 e. The number of carbonyl (C=O) groups is 6. The molecule has 1 aliphatic carbocycles. The van der Waals surface area contributed by atoms with Gasteiger partial charge in [0.2, 0.25) is 11.8 Å². The van der Waals surface area contributed by atoms with E-state index in [1.807, 2.05) is 106 Å². The molecule has 1 fully saturated rings. The van der Waals surface area contributed by atoms with Crippen LogP contribution in [0.15, 0.2) is 84.9 Å². The number of hydrogen-bond acceptors (Lipinski definition) is 11. The van der Waals surface area contributed by atoms with Crippen LogP contribution in [-0.2, 0) is 57.8 Å². The highest BCUT2D eigenvalue weighted by molar-refractivity contribution is 5.89. The lowest BCUT2D eigenvalue weighted by Gasteiger charge is -2.34. The lowest BCUT2D eigenvalue weighted by atomic mass is 9.76. The van der Waals surface area contributed by atoms with Crippen molar-refractivity contribution in [3.05, 3.63) is 102 Å². The molecule has 1 aliphatic rings. The predicted molar refractivity (Wildman–Crippen MR) is 258 cm³/mol. The molecule has 68 heavy (non-hydrogen) atoms. The third-order valence-electron chi connectivity index (χ3n) is 10.9. The highest BCUT2D eigenvalue weighted by Gasteiger charge is 2.46. The Labute approximate surface area is 402 Å². The third kappa shape index (κ3) is 20.0. The Balaban J connectivity index is 1.49. The van der Waals surface area contributed by atoms with Gasteiger partial charge in [-0.3, -0.25) is 14.4 Å². The SMILES string of the molecule is CC(C)(C)OC(=O)[C@H](CNC(=O)[C@H](CCCCNC(=O)OCc1ccccc1)NC(=O)OCc1ccccc1)CC1(C(=O)N[C@@H](Cc2ccc(OC(C)(C)C)cc2)C(=O)OC(C)(C)C)CCCC1. The van der Waals surface area contributed by atoms with Gasteiger partial charge in [-0.2, -0.15) is 0 Å². The highest BCUT2D eigenvalue weighted by Crippen LogP contribution is 2.44. The standard InChI is InChI=1S/C53H74N4O11/c1-50(2,3)66-41-27-25-37(26-28-41)32-43(46(60)68-52(7,8)9)56-47(61)53(29-17-18-30-53)33-40(45(59)67-51(4,5)6)34-55-44(58)42(57-49(63)65-36-39-22-14-11-15-23-39)24-16-19-31-54-48(62)64-35-38-20-12-10-13-21-38/h10-15,20-23,25-28,40,42-43H,16-19,24,29-36H2,1-9H3,(H,54,62)(H,55,58)(H,56,61)(H,57,63)/t40-,42-,43-/m0/s1. The number of benzene rings is 3. The van der Waals surface area contributed by atoms with Crippen molar-refractivity contribution in [3.8, 4) is 5.75 Å². The van der Waals surface area contributed by atoms with Gasteiger partial charge in [0, 0.05) is 19.5 Å². The first-order chi connectivity index (χ1) is 32.0. The molecule has 3 aromatic rings. The van der Waals surface area contributed by atoms with E-state index in [1.165, 1.54) is 0 Å². The van der Waals surface area contributed by atoms with Crippen molar-refractivity contribution in [1.82, 2.24) is 21.3 Å². The number of nitrogens with one attached hydrogen (secondary N) is 4. The van der Waals surface area contributed by atoms with Crippen LogP contribution in [0.4, 0.5) is 9.59 Å². The fourth-order valence-corrected chi connectivity index (χ4v) is 7.79. The molecule has 0 saturated heterocycles. The Kier molecular flexibility index (Phi) is 20.3. The van der Waals surface area contributed by atoms with Gasteiger partial charge in [-0.25, -0.2) is 14.4 Å². The molecule has 0 spiro atoms. The Bertz CT molecular complexity index is 2090. The van der Waals surface area contributed by atoms with E-state index in [9.17, 15) is 28.8 Å². The third-order valence-corrected chi connectivity index (χ3v) is 10.9. The molecule has 0 aromatic heterocycles. The number of amides is 4. The minimum atomic E-state index is -1.08. The Morgan fingerprint density at radius 2 is 1.13 bits per heavy atom. The molecule has 3 aromatic carbocycles. The molecule has 1 saturated carbocycles. The van der Waals surface area contributed by atoms with Crippen LogP contribution in [-0.4, -0.2) is 77.9 Å². The van der Waals surface area contributed by atoms with Gasteiger partial charge in [-0.15, -0.1) is 0 Å². The van der Waals surface area contributed by atoms with Crippen molar-refractivity contribution in [2.45, 2.75) is 162 Å². The quantitative estimate of drug-likeness (QED) is 0.0428. The van der Waals surface area contributed by atoms with Gasteiger partial charge in [0.25, 0.3) is 0 Å². The van der Waals surface area contributed by atoms with Crippen molar-refractivity contribution >= 4 is 35.9 Å². The summed E-state index contributed by atoms with van der Waals surface area (Å²) in [6.45, 7) is 16.5. The van der Waals surface area contributed by atoms with Crippen LogP contribution in [0.3, 0.4) is 0 Å². The van der Waals surface area contributed by atoms with Gasteiger partial charge in [-0.1, -0.05) is 85.6 Å². The van der Waals surface area contributed by atoms with Crippen LogP contribution >= 0.6 is 0 Å². The van der Waals surface area contributed by atoms with Crippen molar-refractivity contribution < 1.29 is 52.5 Å². The molecule has 0 heterocycles. The van der Waals surface area contributed by atoms with E-state index in [0.29, 0.717) is 44.3 Å². The molecule has 4 amide bonds. The first-order valence-electron chi connectivity index (χ1n) is 23.7. The van der Waals surface area contributed by atoms with E-state index in [2.05, 4.69) is 21.3 Å². The average molecular weight is 943 g/mol. The summed E-state index contributed by atoms with van der Waals surface area (Å²) in [6.07, 6.45) is 2.15. The van der Waals surface area contributed by atoms with Crippen LogP contribution in [0.25, 0.3) is 0 Å². The maximum Gasteiger partial charge on any atom is 0.408 e. The van der Waals surface area contributed by atoms with Gasteiger partial charge in [0.05, 0.1) is 11.3 Å². The Morgan fingerprint density at radius 3 is 1.68 bits per heavy atom. The van der Waals surface area contributed by atoms with Crippen molar-refractivity contribution in [2.75, 3.05) is 13.1 Å². The first kappa shape index (κ1) is 54.5. The van der Waals surface area contributed by atoms with Crippen molar-refractivity contribution in [3.63, 3.8) is 0 Å². The zero-order valence-corrected chi connectivity index (χ0v) is 41.5. The van der Waals surface area contributed by atoms with E-state index >= 15 is 0 Å². The molecule has 3 atom stereocenters. The van der Waals surface area contributed by atoms with E-state index in [-0.39, 0.29) is 45.6 Å². The monoisotopic (exact) mass is 943 g/mol. The molecule has 15 nitrogen and oxygen atoms in total. The van der Waals surface area contributed by atoms with E-state index in [1.54, 1.807) is 41.5 Å². The molecular weight excluding hydrogens is 869 g/mol. The fraction of sp³-hybridized carbons (Fsp3) is 0.547. The van der Waals surface area contributed by atoms with Crippen LogP contribution in [0, 0.1) is 11.3 Å². The van der Waals surface area contributed by atoms with Crippen LogP contribution in [0.2, 0.25) is 0 Å². The van der Waals surface area contributed by atoms with Crippen LogP contribution in [0.1, 0.15) is 130 Å². The maximum atomic E-state index is 14.7. The largest absolute Gasteiger partial charge is 0.488 e. The van der Waals surface area contributed by atoms with Gasteiger partial charge in [0.15, 0.2) is 0 Å². The second-order valence-corrected chi connectivity index (χ2v) is 20.5. The van der Waals surface area contributed by atoms with Crippen molar-refractivity contribution in [1.29, 1.82) is 0 Å². The van der Waals surface area contributed by atoms with Gasteiger partial charge >= 0.3 is 24.1 Å². The molecule has 4 N–H and O–H groups in total. The fourth-order valence-electron chi connectivity index (χ4n) is 7.79. The summed E-state index contributed by atoms with van der Waals surface area (Å²) in [6, 6.07) is 23.6. The molecule has 372 valence electrons. The van der Waals surface area contributed by atoms with Gasteiger partial charge in [-0.05, 0) is 130 Å². The maximum absolute atomic E-state index is 14.7. The Morgan fingerprint density at radius 1 is 0.588 bits per heavy atom. The first-order valence-corrected chi connectivity index (χ1v) is 23.7. The van der Waals surface area contributed by atoms with Crippen LogP contribution < -0.4 is 26.0 Å². The number of ether oxygens (including phenoxy) is 5. The molecular formula is C53H74N4O11. The summed E-state index contributed by atoms with van der Waals surface area (Å²) in [5, 5.41) is 11.3. The number of carbonyl (C=O) groups excluding carboxylic acids is 6. The number of hydrogen-bond donors (Lipinski definition) is 4. The van der Waals surface area contributed by atoms with Crippen molar-refractivity contribution in [2.24, 2.45) is 11.3 Å². The zero-order chi connectivity index (χ0) is 50.0. The molecule has 0 aliphatic heterocycles. The minimum absolute atomic E-state index is 0.0195. The van der Waals surface area contributed by atoms with Crippen LogP contribution in [0.5, 0.6) is 5.75 Å². The molecule has 0 bridgehead atoms. The van der Waals surface area contributed by atoms with E-state index in [4.69, 9.17) is 23.7 Å². The summed E-state index contributed by atoms with van der Waals surface area (Å²) >= 11 is 0. The summed E-state index contributed by atoms with van der Waals surface area (Å²) in [5.74, 6) is -2.47. The lowest BCUT2D eigenvalue weighted by molar-refractivity contribution is -0.163. The predicted octanol–water partition coefficient (Wildman–Crippen LogP) is 8.65. The number of unbranched alkanes of at least 4 members (excludes halogenated alkanes) is 1. The lowest BCUT2D eigenvalue weighted by Crippen LogP contribution is -2.52. The normalized spacial score (nSPS) is 14.8. The summed E-state index contributed by atoms with van der Waals surface area (Å²) in [7, 11) is 0. The summed E-state index contributed by atoms with van der Waals surface area (Å²) in [4.78, 5) is 81.9. The zero-order valence-electron chi connectivity index (χ0n) is 41.5. The highest BCUT2D eigenvalue weighted by atomic mass is 16.6. The van der Waals surface area contributed by atoms with Gasteiger partial charge < -0.3 is 45.0 Å². The second-order valence-electron chi connectivity index (χ2n) is 20.5. The summed E-state index contributed by atoms with van der Waals surface area (Å²) in [5.41, 5.74) is -0.794. The van der Waals surface area contributed by atoms with E-state index in [0.717, 1.165) is 16.7 Å². The number of alkyl carbamates (subject to hydrolysis) is 2. The van der Waals surface area contributed by atoms with Gasteiger partial charge in [0.1, 0.15) is 47.9 Å². The Hall–Kier alpha value is -6.12. The minimum Gasteiger partial charge on any atom is -0.488 e. The molecule has 4 rings (SSSR count). The molecule has 15 heteroatoms. The number of rotatable bonds is 22. The molecule has 0 radical (unpaired) electrons. The summed E-state index contributed by atoms with van der Waals surface area (Å²) < 4.78 is 28.4. The second kappa shape index (κ2) is 25.3. The van der Waals surface area contributed by atoms with E-state index < -0.39 is 76.2 Å². The number of esters is 2. The topological polar surface area (TPSA) is 197 Å². The molecule has 0 unspecified atom stereocenters.